The summed E-state index contributed by atoms with van der Waals surface area (Å²) in [5.74, 6) is -1.51. The summed E-state index contributed by atoms with van der Waals surface area (Å²) in [5.41, 5.74) is 1.49. The van der Waals surface area contributed by atoms with Crippen molar-refractivity contribution in [2.24, 2.45) is 0 Å². The summed E-state index contributed by atoms with van der Waals surface area (Å²) in [4.78, 5) is 39.8. The smallest absolute Gasteiger partial charge is 0.336 e. The van der Waals surface area contributed by atoms with Crippen molar-refractivity contribution >= 4 is 17.8 Å². The van der Waals surface area contributed by atoms with Gasteiger partial charge in [0.25, 0.3) is 5.91 Å². The number of hydrogen-bond acceptors (Lipinski definition) is 3. The fourth-order valence-corrected chi connectivity index (χ4v) is 2.97. The molecule has 0 heterocycles. The number of carbonyl (C=O) groups excluding carboxylic acids is 2. The van der Waals surface area contributed by atoms with Gasteiger partial charge in [-0.15, -0.1) is 0 Å². The van der Waals surface area contributed by atoms with Crippen molar-refractivity contribution in [3.8, 4) is 11.1 Å². The molecule has 0 aromatic heterocycles. The third kappa shape index (κ3) is 4.53. The van der Waals surface area contributed by atoms with Crippen molar-refractivity contribution < 1.29 is 19.5 Å². The first-order valence-electron chi connectivity index (χ1n) is 8.85. The maximum Gasteiger partial charge on any atom is 0.336 e. The van der Waals surface area contributed by atoms with Gasteiger partial charge in [0.2, 0.25) is 5.91 Å². The van der Waals surface area contributed by atoms with E-state index < -0.39 is 5.97 Å². The third-order valence-corrected chi connectivity index (χ3v) is 4.44. The Labute approximate surface area is 159 Å². The molecule has 0 radical (unpaired) electrons. The number of nitrogens with zero attached hydrogens (tertiary/aromatic N) is 2. The van der Waals surface area contributed by atoms with Crippen molar-refractivity contribution in [1.29, 1.82) is 0 Å². The van der Waals surface area contributed by atoms with Crippen molar-refractivity contribution in [1.82, 2.24) is 9.80 Å². The van der Waals surface area contributed by atoms with Crippen LogP contribution in [0.15, 0.2) is 48.5 Å². The number of likely N-dealkylation sites (N-methyl/N-ethyl adjacent to an activating group) is 2. The van der Waals surface area contributed by atoms with E-state index in [-0.39, 0.29) is 23.9 Å². The van der Waals surface area contributed by atoms with E-state index in [1.807, 2.05) is 13.8 Å². The summed E-state index contributed by atoms with van der Waals surface area (Å²) in [6, 6.07) is 13.4. The van der Waals surface area contributed by atoms with Gasteiger partial charge in [0.15, 0.2) is 0 Å². The van der Waals surface area contributed by atoms with E-state index in [1.165, 1.54) is 11.0 Å². The molecule has 2 aromatic carbocycles. The standard InChI is InChI=1S/C21H24N2O4/c1-4-23(5-2)19(24)14-22(3)20(25)17-12-8-6-10-15(17)16-11-7-9-13-18(16)21(26)27/h6-13H,4-5,14H2,1-3H3,(H,26,27). The van der Waals surface area contributed by atoms with Gasteiger partial charge >= 0.3 is 5.97 Å². The fraction of sp³-hybridized carbons (Fsp3) is 0.286. The lowest BCUT2D eigenvalue weighted by Crippen LogP contribution is -2.41. The van der Waals surface area contributed by atoms with Crippen LogP contribution in [0.3, 0.4) is 0 Å². The summed E-state index contributed by atoms with van der Waals surface area (Å²) in [7, 11) is 1.57. The van der Waals surface area contributed by atoms with Gasteiger partial charge in [0.05, 0.1) is 12.1 Å². The average Bonchev–Trinajstić information content (AvgIpc) is 2.68. The number of hydrogen-bond donors (Lipinski definition) is 1. The molecule has 0 atom stereocenters. The molecule has 0 unspecified atom stereocenters. The number of carboxylic acids is 1. The zero-order valence-corrected chi connectivity index (χ0v) is 15.8. The lowest BCUT2D eigenvalue weighted by molar-refractivity contribution is -0.131. The summed E-state index contributed by atoms with van der Waals surface area (Å²) < 4.78 is 0. The number of benzene rings is 2. The molecule has 0 bridgehead atoms. The van der Waals surface area contributed by atoms with Crippen molar-refractivity contribution in [3.63, 3.8) is 0 Å². The molecular weight excluding hydrogens is 344 g/mol. The number of aromatic carboxylic acids is 1. The SMILES string of the molecule is CCN(CC)C(=O)CN(C)C(=O)c1ccccc1-c1ccccc1C(=O)O. The normalized spacial score (nSPS) is 10.3. The van der Waals surface area contributed by atoms with Crippen LogP contribution in [0.4, 0.5) is 0 Å². The van der Waals surface area contributed by atoms with E-state index in [0.29, 0.717) is 29.8 Å². The summed E-state index contributed by atoms with van der Waals surface area (Å²) in [5, 5.41) is 9.45. The highest BCUT2D eigenvalue weighted by Crippen LogP contribution is 2.28. The molecular formula is C21H24N2O4. The topological polar surface area (TPSA) is 77.9 Å². The molecule has 6 nitrogen and oxygen atoms in total. The largest absolute Gasteiger partial charge is 0.478 e. The molecule has 1 N–H and O–H groups in total. The first-order valence-corrected chi connectivity index (χ1v) is 8.85. The predicted octanol–water partition coefficient (Wildman–Crippen LogP) is 2.99. The number of carbonyl (C=O) groups is 3. The Hall–Kier alpha value is -3.15. The highest BCUT2D eigenvalue weighted by atomic mass is 16.4. The van der Waals surface area contributed by atoms with Crippen LogP contribution in [-0.4, -0.2) is 59.4 Å². The molecule has 0 aliphatic carbocycles. The first kappa shape index (κ1) is 20.2. The summed E-state index contributed by atoms with van der Waals surface area (Å²) in [6.45, 7) is 4.91. The zero-order valence-electron chi connectivity index (χ0n) is 15.8. The van der Waals surface area contributed by atoms with Gasteiger partial charge in [-0.3, -0.25) is 9.59 Å². The highest BCUT2D eigenvalue weighted by molar-refractivity contribution is 6.05. The van der Waals surface area contributed by atoms with Gasteiger partial charge in [0.1, 0.15) is 0 Å². The molecule has 142 valence electrons. The fourth-order valence-electron chi connectivity index (χ4n) is 2.97. The Morgan fingerprint density at radius 3 is 1.85 bits per heavy atom. The molecule has 0 aliphatic heterocycles. The van der Waals surface area contributed by atoms with Crippen molar-refractivity contribution in [2.45, 2.75) is 13.8 Å². The lowest BCUT2D eigenvalue weighted by Gasteiger charge is -2.24. The number of amides is 2. The number of rotatable bonds is 7. The molecule has 2 rings (SSSR count). The second-order valence-corrected chi connectivity index (χ2v) is 6.12. The molecule has 2 aromatic rings. The van der Waals surface area contributed by atoms with Crippen molar-refractivity contribution in [3.05, 3.63) is 59.7 Å². The maximum absolute atomic E-state index is 13.0. The molecule has 6 heteroatoms. The Morgan fingerprint density at radius 2 is 1.33 bits per heavy atom. The Morgan fingerprint density at radius 1 is 0.852 bits per heavy atom. The van der Waals surface area contributed by atoms with E-state index in [2.05, 4.69) is 0 Å². The van der Waals surface area contributed by atoms with Crippen LogP contribution in [0.25, 0.3) is 11.1 Å². The second kappa shape index (κ2) is 8.98. The van der Waals surface area contributed by atoms with Gasteiger partial charge in [-0.05, 0) is 37.1 Å². The van der Waals surface area contributed by atoms with Crippen molar-refractivity contribution in [2.75, 3.05) is 26.7 Å². The van der Waals surface area contributed by atoms with Crippen LogP contribution in [0.2, 0.25) is 0 Å². The summed E-state index contributed by atoms with van der Waals surface area (Å²) in [6.07, 6.45) is 0. The van der Waals surface area contributed by atoms with Gasteiger partial charge < -0.3 is 14.9 Å². The van der Waals surface area contributed by atoms with Crippen LogP contribution in [0, 0.1) is 0 Å². The van der Waals surface area contributed by atoms with Crippen LogP contribution in [0.5, 0.6) is 0 Å². The molecule has 0 spiro atoms. The first-order chi connectivity index (χ1) is 12.9. The van der Waals surface area contributed by atoms with E-state index >= 15 is 0 Å². The van der Waals surface area contributed by atoms with Gasteiger partial charge in [-0.25, -0.2) is 4.79 Å². The van der Waals surface area contributed by atoms with Gasteiger partial charge in [-0.1, -0.05) is 36.4 Å². The minimum Gasteiger partial charge on any atom is -0.478 e. The molecule has 0 fully saturated rings. The average molecular weight is 368 g/mol. The molecule has 0 aliphatic rings. The lowest BCUT2D eigenvalue weighted by atomic mass is 9.95. The molecule has 27 heavy (non-hydrogen) atoms. The molecule has 0 saturated heterocycles. The zero-order chi connectivity index (χ0) is 20.0. The Kier molecular flexibility index (Phi) is 6.71. The minimum atomic E-state index is -1.06. The minimum absolute atomic E-state index is 0.0323. The number of carboxylic acid groups (broad SMARTS) is 1. The quantitative estimate of drug-likeness (QED) is 0.815. The van der Waals surface area contributed by atoms with Crippen LogP contribution in [0.1, 0.15) is 34.6 Å². The predicted molar refractivity (Wildman–Crippen MR) is 104 cm³/mol. The third-order valence-electron chi connectivity index (χ3n) is 4.44. The summed E-state index contributed by atoms with van der Waals surface area (Å²) >= 11 is 0. The second-order valence-electron chi connectivity index (χ2n) is 6.12. The Bertz CT molecular complexity index is 844. The van der Waals surface area contributed by atoms with Gasteiger partial charge in [-0.2, -0.15) is 0 Å². The monoisotopic (exact) mass is 368 g/mol. The van der Waals surface area contributed by atoms with Crippen LogP contribution >= 0.6 is 0 Å². The highest BCUT2D eigenvalue weighted by Gasteiger charge is 2.22. The Balaban J connectivity index is 2.37. The van der Waals surface area contributed by atoms with E-state index in [0.717, 1.165) is 0 Å². The van der Waals surface area contributed by atoms with E-state index in [4.69, 9.17) is 0 Å². The molecule has 0 saturated carbocycles. The van der Waals surface area contributed by atoms with E-state index in [1.54, 1.807) is 54.4 Å². The van der Waals surface area contributed by atoms with Crippen LogP contribution in [-0.2, 0) is 4.79 Å². The van der Waals surface area contributed by atoms with Gasteiger partial charge in [0, 0.05) is 25.7 Å². The van der Waals surface area contributed by atoms with Crippen LogP contribution < -0.4 is 0 Å². The van der Waals surface area contributed by atoms with E-state index in [9.17, 15) is 19.5 Å². The maximum atomic E-state index is 13.0. The molecule has 2 amide bonds.